The molecule has 3 heteroatoms. The molecule has 1 heterocycles. The van der Waals surface area contributed by atoms with Gasteiger partial charge in [-0.15, -0.1) is 0 Å². The summed E-state index contributed by atoms with van der Waals surface area (Å²) in [4.78, 5) is 0. The first kappa shape index (κ1) is 9.96. The Morgan fingerprint density at radius 3 is 2.58 bits per heavy atom. The minimum Gasteiger partial charge on any atom is -0.394 e. The molecule has 2 atom stereocenters. The number of hydrogen-bond donors (Lipinski definition) is 2. The quantitative estimate of drug-likeness (QED) is 0.651. The Balaban J connectivity index is 2.11. The Morgan fingerprint density at radius 1 is 1.42 bits per heavy atom. The van der Waals surface area contributed by atoms with Crippen molar-refractivity contribution in [2.45, 2.75) is 44.9 Å². The molecular weight excluding hydrogens is 154 g/mol. The zero-order valence-corrected chi connectivity index (χ0v) is 7.92. The second kappa shape index (κ2) is 4.80. The van der Waals surface area contributed by atoms with Crippen LogP contribution in [0.25, 0.3) is 0 Å². The van der Waals surface area contributed by atoms with Gasteiger partial charge in [0.15, 0.2) is 0 Å². The SMILES string of the molecule is CC(C)NCC1CCC(CO)O1. The molecule has 0 bridgehead atoms. The maximum Gasteiger partial charge on any atom is 0.0811 e. The summed E-state index contributed by atoms with van der Waals surface area (Å²) >= 11 is 0. The highest BCUT2D eigenvalue weighted by Crippen LogP contribution is 2.18. The van der Waals surface area contributed by atoms with E-state index in [0.717, 1.165) is 19.4 Å². The van der Waals surface area contributed by atoms with E-state index in [2.05, 4.69) is 19.2 Å². The number of ether oxygens (including phenoxy) is 1. The fraction of sp³-hybridized carbons (Fsp3) is 1.00. The van der Waals surface area contributed by atoms with E-state index in [-0.39, 0.29) is 12.7 Å². The van der Waals surface area contributed by atoms with Crippen molar-refractivity contribution < 1.29 is 9.84 Å². The van der Waals surface area contributed by atoms with Crippen molar-refractivity contribution in [3.8, 4) is 0 Å². The summed E-state index contributed by atoms with van der Waals surface area (Å²) in [6.45, 7) is 5.32. The fourth-order valence-corrected chi connectivity index (χ4v) is 1.43. The smallest absolute Gasteiger partial charge is 0.0811 e. The van der Waals surface area contributed by atoms with Gasteiger partial charge in [-0.25, -0.2) is 0 Å². The molecule has 1 aliphatic rings. The summed E-state index contributed by atoms with van der Waals surface area (Å²) in [5, 5.41) is 12.1. The summed E-state index contributed by atoms with van der Waals surface area (Å²) in [6.07, 6.45) is 2.47. The van der Waals surface area contributed by atoms with Gasteiger partial charge >= 0.3 is 0 Å². The Kier molecular flexibility index (Phi) is 3.98. The molecule has 0 amide bonds. The lowest BCUT2D eigenvalue weighted by molar-refractivity contribution is 0.0117. The number of aliphatic hydroxyl groups excluding tert-OH is 1. The third kappa shape index (κ3) is 3.09. The highest BCUT2D eigenvalue weighted by atomic mass is 16.5. The molecule has 72 valence electrons. The van der Waals surface area contributed by atoms with Crippen molar-refractivity contribution in [3.63, 3.8) is 0 Å². The van der Waals surface area contributed by atoms with Crippen molar-refractivity contribution in [1.82, 2.24) is 5.32 Å². The molecular formula is C9H19NO2. The van der Waals surface area contributed by atoms with Crippen molar-refractivity contribution >= 4 is 0 Å². The second-order valence-corrected chi connectivity index (χ2v) is 3.70. The molecule has 0 spiro atoms. The lowest BCUT2D eigenvalue weighted by Crippen LogP contribution is -2.32. The Morgan fingerprint density at radius 2 is 2.08 bits per heavy atom. The molecule has 2 N–H and O–H groups in total. The van der Waals surface area contributed by atoms with Crippen LogP contribution in [0.4, 0.5) is 0 Å². The van der Waals surface area contributed by atoms with Gasteiger partial charge in [-0.2, -0.15) is 0 Å². The molecule has 0 aliphatic carbocycles. The molecule has 1 aliphatic heterocycles. The van der Waals surface area contributed by atoms with Gasteiger partial charge in [0.1, 0.15) is 0 Å². The van der Waals surface area contributed by atoms with Gasteiger partial charge < -0.3 is 15.2 Å². The van der Waals surface area contributed by atoms with Crippen LogP contribution in [-0.4, -0.2) is 36.5 Å². The largest absolute Gasteiger partial charge is 0.394 e. The van der Waals surface area contributed by atoms with Crippen LogP contribution in [0.3, 0.4) is 0 Å². The average Bonchev–Trinajstić information content (AvgIpc) is 2.48. The molecule has 1 rings (SSSR count). The predicted molar refractivity (Wildman–Crippen MR) is 48.1 cm³/mol. The molecule has 2 unspecified atom stereocenters. The molecule has 0 aromatic rings. The van der Waals surface area contributed by atoms with E-state index in [1.54, 1.807) is 0 Å². The van der Waals surface area contributed by atoms with Gasteiger partial charge in [0, 0.05) is 12.6 Å². The lowest BCUT2D eigenvalue weighted by atomic mass is 10.2. The van der Waals surface area contributed by atoms with E-state index in [0.29, 0.717) is 12.1 Å². The van der Waals surface area contributed by atoms with Crippen LogP contribution in [-0.2, 0) is 4.74 Å². The van der Waals surface area contributed by atoms with Crippen LogP contribution in [0.5, 0.6) is 0 Å². The van der Waals surface area contributed by atoms with Crippen LogP contribution < -0.4 is 5.32 Å². The number of rotatable bonds is 4. The number of aliphatic hydroxyl groups is 1. The van der Waals surface area contributed by atoms with Gasteiger partial charge in [0.2, 0.25) is 0 Å². The van der Waals surface area contributed by atoms with Crippen LogP contribution in [0.15, 0.2) is 0 Å². The van der Waals surface area contributed by atoms with E-state index in [1.807, 2.05) is 0 Å². The summed E-state index contributed by atoms with van der Waals surface area (Å²) in [5.74, 6) is 0. The molecule has 1 fully saturated rings. The maximum atomic E-state index is 8.82. The molecule has 0 radical (unpaired) electrons. The van der Waals surface area contributed by atoms with E-state index in [1.165, 1.54) is 0 Å². The minimum atomic E-state index is 0.0870. The van der Waals surface area contributed by atoms with Crippen molar-refractivity contribution in [2.24, 2.45) is 0 Å². The second-order valence-electron chi connectivity index (χ2n) is 3.70. The van der Waals surface area contributed by atoms with E-state index in [4.69, 9.17) is 9.84 Å². The van der Waals surface area contributed by atoms with Crippen LogP contribution in [0.1, 0.15) is 26.7 Å². The topological polar surface area (TPSA) is 41.5 Å². The summed E-state index contributed by atoms with van der Waals surface area (Å²) in [5.41, 5.74) is 0. The molecule has 1 saturated heterocycles. The zero-order chi connectivity index (χ0) is 8.97. The first-order valence-electron chi connectivity index (χ1n) is 4.72. The third-order valence-corrected chi connectivity index (χ3v) is 2.15. The summed E-state index contributed by atoms with van der Waals surface area (Å²) in [6, 6.07) is 0.516. The van der Waals surface area contributed by atoms with Gasteiger partial charge in [0.05, 0.1) is 18.8 Å². The third-order valence-electron chi connectivity index (χ3n) is 2.15. The lowest BCUT2D eigenvalue weighted by Gasteiger charge is -2.14. The number of nitrogens with one attached hydrogen (secondary N) is 1. The minimum absolute atomic E-state index is 0.0870. The molecule has 0 aromatic heterocycles. The van der Waals surface area contributed by atoms with Gasteiger partial charge in [-0.3, -0.25) is 0 Å². The first-order chi connectivity index (χ1) is 5.72. The standard InChI is InChI=1S/C9H19NO2/c1-7(2)10-5-8-3-4-9(6-11)12-8/h7-11H,3-6H2,1-2H3. The van der Waals surface area contributed by atoms with Crippen LogP contribution in [0, 0.1) is 0 Å². The Bertz CT molecular complexity index is 128. The normalized spacial score (nSPS) is 30.0. The Labute approximate surface area is 74.1 Å². The van der Waals surface area contributed by atoms with E-state index < -0.39 is 0 Å². The Hall–Kier alpha value is -0.120. The first-order valence-corrected chi connectivity index (χ1v) is 4.72. The summed E-state index contributed by atoms with van der Waals surface area (Å²) < 4.78 is 5.55. The number of hydrogen-bond acceptors (Lipinski definition) is 3. The van der Waals surface area contributed by atoms with Crippen molar-refractivity contribution in [3.05, 3.63) is 0 Å². The monoisotopic (exact) mass is 173 g/mol. The van der Waals surface area contributed by atoms with Gasteiger partial charge in [0.25, 0.3) is 0 Å². The predicted octanol–water partition coefficient (Wildman–Crippen LogP) is 0.524. The average molecular weight is 173 g/mol. The molecule has 0 aromatic carbocycles. The molecule has 3 nitrogen and oxygen atoms in total. The molecule has 0 saturated carbocycles. The van der Waals surface area contributed by atoms with E-state index in [9.17, 15) is 0 Å². The molecule has 12 heavy (non-hydrogen) atoms. The van der Waals surface area contributed by atoms with Crippen LogP contribution in [0.2, 0.25) is 0 Å². The fourth-order valence-electron chi connectivity index (χ4n) is 1.43. The van der Waals surface area contributed by atoms with Gasteiger partial charge in [-0.05, 0) is 12.8 Å². The summed E-state index contributed by atoms with van der Waals surface area (Å²) in [7, 11) is 0. The van der Waals surface area contributed by atoms with Gasteiger partial charge in [-0.1, -0.05) is 13.8 Å². The highest BCUT2D eigenvalue weighted by molar-refractivity contribution is 4.75. The van der Waals surface area contributed by atoms with Crippen LogP contribution >= 0.6 is 0 Å². The maximum absolute atomic E-state index is 8.82. The van der Waals surface area contributed by atoms with E-state index >= 15 is 0 Å². The highest BCUT2D eigenvalue weighted by Gasteiger charge is 2.23. The zero-order valence-electron chi connectivity index (χ0n) is 7.92. The van der Waals surface area contributed by atoms with Crippen molar-refractivity contribution in [1.29, 1.82) is 0 Å². The van der Waals surface area contributed by atoms with Crippen molar-refractivity contribution in [2.75, 3.05) is 13.2 Å².